The Kier molecular flexibility index (Phi) is 5.70. The maximum absolute atomic E-state index is 10.6. The molecule has 0 spiro atoms. The van der Waals surface area contributed by atoms with Crippen LogP contribution in [0.25, 0.3) is 22.8 Å². The van der Waals surface area contributed by atoms with Crippen molar-refractivity contribution in [3.63, 3.8) is 0 Å². The number of hydrogen-bond donors (Lipinski definition) is 1. The van der Waals surface area contributed by atoms with Crippen molar-refractivity contribution in [3.05, 3.63) is 82.0 Å². The largest absolute Gasteiger partial charge is 0.506 e. The molecule has 4 aromatic rings. The van der Waals surface area contributed by atoms with E-state index in [4.69, 9.17) is 14.4 Å². The molecule has 0 bridgehead atoms. The highest BCUT2D eigenvalue weighted by Crippen LogP contribution is 2.28. The van der Waals surface area contributed by atoms with Crippen molar-refractivity contribution in [2.24, 2.45) is 0 Å². The first-order valence-corrected chi connectivity index (χ1v) is 11.2. The molecule has 0 atom stereocenters. The Balaban J connectivity index is 1.20. The fourth-order valence-electron chi connectivity index (χ4n) is 3.72. The Labute approximate surface area is 188 Å². The van der Waals surface area contributed by atoms with Gasteiger partial charge in [-0.1, -0.05) is 47.6 Å². The van der Waals surface area contributed by atoms with Crippen LogP contribution in [0.5, 0.6) is 0 Å². The van der Waals surface area contributed by atoms with Gasteiger partial charge < -0.3 is 14.4 Å². The third-order valence-corrected chi connectivity index (χ3v) is 6.28. The lowest BCUT2D eigenvalue weighted by atomic mass is 10.0. The molecule has 0 radical (unpaired) electrons. The van der Waals surface area contributed by atoms with Gasteiger partial charge in [-0.05, 0) is 35.7 Å². The normalized spacial score (nSPS) is 14.2. The highest BCUT2D eigenvalue weighted by Gasteiger charge is 2.30. The average Bonchev–Trinajstić information content (AvgIpc) is 3.43. The molecule has 1 saturated heterocycles. The van der Waals surface area contributed by atoms with Crippen molar-refractivity contribution < 1.29 is 19.2 Å². The second-order valence-electron chi connectivity index (χ2n) is 7.78. The summed E-state index contributed by atoms with van der Waals surface area (Å²) in [5.41, 5.74) is 4.31. The number of nitrogens with zero attached hydrogens (tertiary/aromatic N) is 3. The van der Waals surface area contributed by atoms with Crippen LogP contribution in [0.4, 0.5) is 4.79 Å². The molecular formula is C24H21N3O4S. The zero-order chi connectivity index (χ0) is 21.9. The smallest absolute Gasteiger partial charge is 0.450 e. The van der Waals surface area contributed by atoms with Gasteiger partial charge in [0.2, 0.25) is 5.82 Å². The molecule has 0 unspecified atom stereocenters. The number of carbonyl (C=O) groups is 1. The summed E-state index contributed by atoms with van der Waals surface area (Å²) in [6.07, 6.45) is -0.564. The topological polar surface area (TPSA) is 88.7 Å². The van der Waals surface area contributed by atoms with E-state index >= 15 is 0 Å². The first-order valence-electron chi connectivity index (χ1n) is 10.3. The summed E-state index contributed by atoms with van der Waals surface area (Å²) in [6.45, 7) is 1.98. The number of carboxylic acid groups (broad SMARTS) is 1. The second-order valence-corrected chi connectivity index (χ2v) is 8.78. The standard InChI is InChI=1S/C24H21N3O4S/c28-24(29)30-20-12-27(13-20)14-21-11-19(15-32-21)22-25-23(31-26-22)18-8-6-17(7-9-18)10-16-4-2-1-3-5-16/h1-9,11,15,20H,10,12-14H2,(H,28,29). The van der Waals surface area contributed by atoms with Crippen LogP contribution >= 0.6 is 11.3 Å². The van der Waals surface area contributed by atoms with E-state index in [2.05, 4.69) is 39.3 Å². The quantitative estimate of drug-likeness (QED) is 0.402. The molecule has 32 heavy (non-hydrogen) atoms. The van der Waals surface area contributed by atoms with Crippen molar-refractivity contribution in [3.8, 4) is 22.8 Å². The molecule has 1 fully saturated rings. The molecule has 1 aliphatic heterocycles. The van der Waals surface area contributed by atoms with Crippen molar-refractivity contribution in [1.29, 1.82) is 0 Å². The van der Waals surface area contributed by atoms with Crippen molar-refractivity contribution in [2.45, 2.75) is 19.1 Å². The van der Waals surface area contributed by atoms with Gasteiger partial charge in [0.05, 0.1) is 0 Å². The summed E-state index contributed by atoms with van der Waals surface area (Å²) in [6, 6.07) is 20.6. The van der Waals surface area contributed by atoms with Gasteiger partial charge in [0, 0.05) is 41.0 Å². The average molecular weight is 448 g/mol. The molecule has 7 nitrogen and oxygen atoms in total. The summed E-state index contributed by atoms with van der Waals surface area (Å²) in [5, 5.41) is 14.8. The molecule has 0 aliphatic carbocycles. The first-order chi connectivity index (χ1) is 15.6. The van der Waals surface area contributed by atoms with Gasteiger partial charge in [0.15, 0.2) is 0 Å². The van der Waals surface area contributed by atoms with E-state index < -0.39 is 6.16 Å². The summed E-state index contributed by atoms with van der Waals surface area (Å²) < 4.78 is 10.3. The van der Waals surface area contributed by atoms with Gasteiger partial charge in [0.1, 0.15) is 6.10 Å². The first kappa shape index (κ1) is 20.4. The molecule has 1 aliphatic rings. The van der Waals surface area contributed by atoms with Crippen molar-refractivity contribution >= 4 is 17.5 Å². The minimum absolute atomic E-state index is 0.231. The number of thiophene rings is 1. The molecule has 8 heteroatoms. The highest BCUT2D eigenvalue weighted by atomic mass is 32.1. The Bertz CT molecular complexity index is 1200. The van der Waals surface area contributed by atoms with Crippen molar-refractivity contribution in [2.75, 3.05) is 13.1 Å². The maximum Gasteiger partial charge on any atom is 0.506 e. The van der Waals surface area contributed by atoms with Gasteiger partial charge in [-0.2, -0.15) is 4.98 Å². The van der Waals surface area contributed by atoms with E-state index in [1.807, 2.05) is 41.8 Å². The summed E-state index contributed by atoms with van der Waals surface area (Å²) in [4.78, 5) is 18.4. The second kappa shape index (κ2) is 8.94. The van der Waals surface area contributed by atoms with Crippen LogP contribution in [0.1, 0.15) is 16.0 Å². The Morgan fingerprint density at radius 3 is 2.59 bits per heavy atom. The zero-order valence-electron chi connectivity index (χ0n) is 17.2. The molecular weight excluding hydrogens is 426 g/mol. The van der Waals surface area contributed by atoms with Crippen molar-refractivity contribution in [1.82, 2.24) is 15.0 Å². The molecule has 0 saturated carbocycles. The lowest BCUT2D eigenvalue weighted by molar-refractivity contribution is -0.0359. The number of likely N-dealkylation sites (tertiary alicyclic amines) is 1. The maximum atomic E-state index is 10.6. The number of aromatic nitrogens is 2. The summed E-state index contributed by atoms with van der Waals surface area (Å²) >= 11 is 1.62. The SMILES string of the molecule is O=C(O)OC1CN(Cc2cc(-c3noc(-c4ccc(Cc5ccccc5)cc4)n3)cs2)C1. The third-order valence-electron chi connectivity index (χ3n) is 5.36. The van der Waals surface area contributed by atoms with E-state index in [9.17, 15) is 4.79 Å². The van der Waals surface area contributed by atoms with E-state index in [-0.39, 0.29) is 6.10 Å². The number of benzene rings is 2. The number of hydrogen-bond acceptors (Lipinski definition) is 7. The van der Waals surface area contributed by atoms with Gasteiger partial charge in [-0.25, -0.2) is 4.79 Å². The van der Waals surface area contributed by atoms with Crippen LogP contribution in [0, 0.1) is 0 Å². The number of rotatable bonds is 7. The van der Waals surface area contributed by atoms with Crippen LogP contribution in [0.3, 0.4) is 0 Å². The monoisotopic (exact) mass is 447 g/mol. The Morgan fingerprint density at radius 2 is 1.84 bits per heavy atom. The lowest BCUT2D eigenvalue weighted by Crippen LogP contribution is -2.51. The predicted molar refractivity (Wildman–Crippen MR) is 120 cm³/mol. The van der Waals surface area contributed by atoms with E-state index in [0.29, 0.717) is 24.8 Å². The van der Waals surface area contributed by atoms with Crippen LogP contribution < -0.4 is 0 Å². The van der Waals surface area contributed by atoms with Gasteiger partial charge in [0.25, 0.3) is 5.89 Å². The van der Waals surface area contributed by atoms with Crippen LogP contribution in [-0.2, 0) is 17.7 Å². The Hall–Kier alpha value is -3.49. The fourth-order valence-corrected chi connectivity index (χ4v) is 4.63. The predicted octanol–water partition coefficient (Wildman–Crippen LogP) is 4.93. The highest BCUT2D eigenvalue weighted by molar-refractivity contribution is 7.10. The molecule has 3 heterocycles. The number of ether oxygens (including phenoxy) is 1. The molecule has 2 aromatic carbocycles. The fraction of sp³-hybridized carbons (Fsp3) is 0.208. The van der Waals surface area contributed by atoms with Crippen LogP contribution in [0.15, 0.2) is 70.6 Å². The molecule has 1 N–H and O–H groups in total. The van der Waals surface area contributed by atoms with E-state index in [1.165, 1.54) is 11.1 Å². The zero-order valence-corrected chi connectivity index (χ0v) is 18.0. The van der Waals surface area contributed by atoms with Gasteiger partial charge in [-0.3, -0.25) is 4.90 Å². The third kappa shape index (κ3) is 4.71. The minimum atomic E-state index is -1.22. The molecule has 5 rings (SSSR count). The minimum Gasteiger partial charge on any atom is -0.450 e. The van der Waals surface area contributed by atoms with Crippen LogP contribution in [-0.4, -0.2) is 45.5 Å². The lowest BCUT2D eigenvalue weighted by Gasteiger charge is -2.37. The summed E-state index contributed by atoms with van der Waals surface area (Å²) in [5.74, 6) is 1.06. The van der Waals surface area contributed by atoms with Gasteiger partial charge >= 0.3 is 6.16 Å². The van der Waals surface area contributed by atoms with E-state index in [0.717, 1.165) is 29.0 Å². The molecule has 2 aromatic heterocycles. The van der Waals surface area contributed by atoms with Gasteiger partial charge in [-0.15, -0.1) is 11.3 Å². The van der Waals surface area contributed by atoms with Crippen LogP contribution in [0.2, 0.25) is 0 Å². The Morgan fingerprint density at radius 1 is 1.09 bits per heavy atom. The molecule has 162 valence electrons. The van der Waals surface area contributed by atoms with E-state index in [1.54, 1.807) is 11.3 Å². The summed E-state index contributed by atoms with van der Waals surface area (Å²) in [7, 11) is 0. The molecule has 0 amide bonds.